The lowest BCUT2D eigenvalue weighted by Crippen LogP contribution is -2.41. The minimum Gasteiger partial charge on any atom is -0.396 e. The Labute approximate surface area is 122 Å². The molecule has 1 aliphatic heterocycles. The van der Waals surface area contributed by atoms with E-state index in [1.54, 1.807) is 0 Å². The maximum atomic E-state index is 9.67. The van der Waals surface area contributed by atoms with Crippen molar-refractivity contribution in [2.45, 2.75) is 38.1 Å². The molecule has 1 aliphatic carbocycles. The van der Waals surface area contributed by atoms with Gasteiger partial charge < -0.3 is 15.3 Å². The second kappa shape index (κ2) is 6.15. The summed E-state index contributed by atoms with van der Waals surface area (Å²) < 4.78 is 0. The fraction of sp³-hybridized carbons (Fsp3) is 0.647. The fourth-order valence-electron chi connectivity index (χ4n) is 3.68. The zero-order valence-corrected chi connectivity index (χ0v) is 12.2. The summed E-state index contributed by atoms with van der Waals surface area (Å²) in [6, 6.07) is 11.2. The molecule has 0 unspecified atom stereocenters. The third-order valence-electron chi connectivity index (χ3n) is 5.07. The van der Waals surface area contributed by atoms with E-state index in [4.69, 9.17) is 0 Å². The summed E-state index contributed by atoms with van der Waals surface area (Å²) in [5.41, 5.74) is 1.50. The number of rotatable bonds is 5. The van der Waals surface area contributed by atoms with Gasteiger partial charge in [0.25, 0.3) is 0 Å². The van der Waals surface area contributed by atoms with Crippen LogP contribution in [0.2, 0.25) is 0 Å². The van der Waals surface area contributed by atoms with Crippen molar-refractivity contribution >= 4 is 5.69 Å². The number of anilines is 1. The highest BCUT2D eigenvalue weighted by molar-refractivity contribution is 5.47. The van der Waals surface area contributed by atoms with Crippen LogP contribution in [0.15, 0.2) is 30.3 Å². The Morgan fingerprint density at radius 1 is 1.20 bits per heavy atom. The third kappa shape index (κ3) is 2.99. The van der Waals surface area contributed by atoms with E-state index in [0.717, 1.165) is 19.6 Å². The highest BCUT2D eigenvalue weighted by atomic mass is 16.3. The van der Waals surface area contributed by atoms with Gasteiger partial charge in [0.15, 0.2) is 0 Å². The summed E-state index contributed by atoms with van der Waals surface area (Å²) in [6.07, 6.45) is 6.14. The van der Waals surface area contributed by atoms with Crippen LogP contribution in [-0.4, -0.2) is 37.4 Å². The zero-order valence-electron chi connectivity index (χ0n) is 12.2. The Morgan fingerprint density at radius 3 is 2.65 bits per heavy atom. The third-order valence-corrected chi connectivity index (χ3v) is 5.07. The molecule has 1 saturated carbocycles. The predicted octanol–water partition coefficient (Wildman–Crippen LogP) is 2.41. The minimum absolute atomic E-state index is 0.167. The Balaban J connectivity index is 1.51. The minimum atomic E-state index is 0.167. The second-order valence-corrected chi connectivity index (χ2v) is 6.51. The Bertz CT molecular complexity index is 414. The first-order chi connectivity index (χ1) is 9.81. The van der Waals surface area contributed by atoms with Crippen molar-refractivity contribution in [1.29, 1.82) is 0 Å². The van der Waals surface area contributed by atoms with Gasteiger partial charge in [-0.15, -0.1) is 0 Å². The summed E-state index contributed by atoms with van der Waals surface area (Å²) in [5, 5.41) is 13.4. The Hall–Kier alpha value is -1.06. The van der Waals surface area contributed by atoms with Crippen LogP contribution in [0.25, 0.3) is 0 Å². The zero-order chi connectivity index (χ0) is 13.8. The average Bonchev–Trinajstić information content (AvgIpc) is 3.16. The largest absolute Gasteiger partial charge is 0.396 e. The molecule has 0 aromatic heterocycles. The number of para-hydroxylation sites is 1. The molecule has 1 saturated heterocycles. The van der Waals surface area contributed by atoms with Gasteiger partial charge in [-0.1, -0.05) is 31.0 Å². The van der Waals surface area contributed by atoms with Gasteiger partial charge in [0, 0.05) is 43.4 Å². The highest BCUT2D eigenvalue weighted by Crippen LogP contribution is 2.37. The van der Waals surface area contributed by atoms with Gasteiger partial charge in [0.05, 0.1) is 0 Å². The molecule has 1 heterocycles. The molecule has 1 aromatic rings. The number of nitrogens with zero attached hydrogens (tertiary/aromatic N) is 1. The molecule has 2 aliphatic rings. The van der Waals surface area contributed by atoms with Crippen LogP contribution in [0.3, 0.4) is 0 Å². The predicted molar refractivity (Wildman–Crippen MR) is 83.0 cm³/mol. The number of benzene rings is 1. The van der Waals surface area contributed by atoms with Gasteiger partial charge in [-0.2, -0.15) is 0 Å². The van der Waals surface area contributed by atoms with Crippen molar-refractivity contribution in [1.82, 2.24) is 5.32 Å². The molecule has 20 heavy (non-hydrogen) atoms. The van der Waals surface area contributed by atoms with Gasteiger partial charge in [0.1, 0.15) is 0 Å². The molecule has 3 heteroatoms. The molecule has 110 valence electrons. The average molecular weight is 274 g/mol. The van der Waals surface area contributed by atoms with Crippen molar-refractivity contribution in [3.63, 3.8) is 0 Å². The summed E-state index contributed by atoms with van der Waals surface area (Å²) in [6.45, 7) is 3.55. The standard InChI is InChI=1S/C17H26N2O/c20-14-17(9-4-5-10-17)13-18-15-8-11-19(12-15)16-6-2-1-3-7-16/h1-3,6-7,15,18,20H,4-5,8-14H2/t15-/m1/s1. The van der Waals surface area contributed by atoms with E-state index in [1.165, 1.54) is 37.8 Å². The van der Waals surface area contributed by atoms with E-state index in [9.17, 15) is 5.11 Å². The van der Waals surface area contributed by atoms with Crippen molar-refractivity contribution in [2.75, 3.05) is 31.1 Å². The van der Waals surface area contributed by atoms with Gasteiger partial charge in [-0.05, 0) is 31.4 Å². The molecule has 1 aromatic carbocycles. The van der Waals surface area contributed by atoms with Crippen LogP contribution < -0.4 is 10.2 Å². The van der Waals surface area contributed by atoms with Crippen LogP contribution >= 0.6 is 0 Å². The van der Waals surface area contributed by atoms with Crippen molar-refractivity contribution in [2.24, 2.45) is 5.41 Å². The molecule has 2 N–H and O–H groups in total. The first kappa shape index (κ1) is 13.9. The summed E-state index contributed by atoms with van der Waals surface area (Å²) >= 11 is 0. The number of aliphatic hydroxyl groups excluding tert-OH is 1. The second-order valence-electron chi connectivity index (χ2n) is 6.51. The topological polar surface area (TPSA) is 35.5 Å². The van der Waals surface area contributed by atoms with Gasteiger partial charge in [-0.3, -0.25) is 0 Å². The van der Waals surface area contributed by atoms with Crippen molar-refractivity contribution in [3.05, 3.63) is 30.3 Å². The highest BCUT2D eigenvalue weighted by Gasteiger charge is 2.34. The first-order valence-corrected chi connectivity index (χ1v) is 7.96. The molecule has 1 atom stereocenters. The van der Waals surface area contributed by atoms with Crippen molar-refractivity contribution < 1.29 is 5.11 Å². The molecule has 3 rings (SSSR count). The van der Waals surface area contributed by atoms with Gasteiger partial charge in [0.2, 0.25) is 0 Å². The van der Waals surface area contributed by atoms with E-state index in [-0.39, 0.29) is 5.41 Å². The summed E-state index contributed by atoms with van der Waals surface area (Å²) in [7, 11) is 0. The van der Waals surface area contributed by atoms with Crippen molar-refractivity contribution in [3.8, 4) is 0 Å². The first-order valence-electron chi connectivity index (χ1n) is 7.96. The molecule has 0 radical (unpaired) electrons. The molecular weight excluding hydrogens is 248 g/mol. The lowest BCUT2D eigenvalue weighted by molar-refractivity contribution is 0.125. The lowest BCUT2D eigenvalue weighted by Gasteiger charge is -2.28. The van der Waals surface area contributed by atoms with Crippen LogP contribution in [0.1, 0.15) is 32.1 Å². The Morgan fingerprint density at radius 2 is 1.95 bits per heavy atom. The maximum absolute atomic E-state index is 9.67. The quantitative estimate of drug-likeness (QED) is 0.865. The smallest absolute Gasteiger partial charge is 0.0499 e. The number of hydrogen-bond acceptors (Lipinski definition) is 3. The summed E-state index contributed by atoms with van der Waals surface area (Å²) in [4.78, 5) is 2.46. The van der Waals surface area contributed by atoms with E-state index < -0.39 is 0 Å². The molecule has 2 fully saturated rings. The van der Waals surface area contributed by atoms with Gasteiger partial charge in [-0.25, -0.2) is 0 Å². The molecule has 0 amide bonds. The van der Waals surface area contributed by atoms with Crippen LogP contribution in [0.4, 0.5) is 5.69 Å². The number of hydrogen-bond donors (Lipinski definition) is 2. The molecule has 3 nitrogen and oxygen atoms in total. The monoisotopic (exact) mass is 274 g/mol. The van der Waals surface area contributed by atoms with E-state index in [0.29, 0.717) is 12.6 Å². The SMILES string of the molecule is OCC1(CN[C@@H]2CCN(c3ccccc3)C2)CCCC1. The van der Waals surface area contributed by atoms with E-state index in [2.05, 4.69) is 40.5 Å². The maximum Gasteiger partial charge on any atom is 0.0499 e. The normalized spacial score (nSPS) is 25.2. The van der Waals surface area contributed by atoms with E-state index in [1.807, 2.05) is 0 Å². The Kier molecular flexibility index (Phi) is 4.27. The number of aliphatic hydroxyl groups is 1. The van der Waals surface area contributed by atoms with Crippen LogP contribution in [-0.2, 0) is 0 Å². The van der Waals surface area contributed by atoms with Gasteiger partial charge >= 0.3 is 0 Å². The van der Waals surface area contributed by atoms with Crippen LogP contribution in [0, 0.1) is 5.41 Å². The fourth-order valence-corrected chi connectivity index (χ4v) is 3.68. The lowest BCUT2D eigenvalue weighted by atomic mass is 9.87. The molecular formula is C17H26N2O. The number of nitrogens with one attached hydrogen (secondary N) is 1. The molecule has 0 bridgehead atoms. The van der Waals surface area contributed by atoms with Crippen LogP contribution in [0.5, 0.6) is 0 Å². The summed E-state index contributed by atoms with van der Waals surface area (Å²) in [5.74, 6) is 0. The molecule has 0 spiro atoms. The van der Waals surface area contributed by atoms with E-state index >= 15 is 0 Å².